The first kappa shape index (κ1) is 15.5. The summed E-state index contributed by atoms with van der Waals surface area (Å²) in [7, 11) is 1.78. The maximum Gasteiger partial charge on any atom is 0.237 e. The van der Waals surface area contributed by atoms with Crippen molar-refractivity contribution in [1.82, 2.24) is 9.97 Å². The number of carbonyl (C=O) groups is 1. The quantitative estimate of drug-likeness (QED) is 0.643. The topological polar surface area (TPSA) is 46.1 Å². The minimum atomic E-state index is 0.0330. The second-order valence-corrected chi connectivity index (χ2v) is 5.82. The third kappa shape index (κ3) is 3.82. The van der Waals surface area contributed by atoms with Crippen LogP contribution in [-0.2, 0) is 4.79 Å². The molecule has 0 radical (unpaired) electrons. The molecule has 0 aliphatic carbocycles. The summed E-state index contributed by atoms with van der Waals surface area (Å²) < 4.78 is 0. The summed E-state index contributed by atoms with van der Waals surface area (Å²) in [5.41, 5.74) is 3.93. The third-order valence-electron chi connectivity index (χ3n) is 3.45. The van der Waals surface area contributed by atoms with E-state index in [1.165, 1.54) is 11.8 Å². The lowest BCUT2D eigenvalue weighted by atomic mass is 10.2. The van der Waals surface area contributed by atoms with Crippen LogP contribution >= 0.6 is 11.8 Å². The van der Waals surface area contributed by atoms with Gasteiger partial charge in [-0.05, 0) is 38.5 Å². The van der Waals surface area contributed by atoms with Crippen LogP contribution in [0.4, 0.5) is 5.69 Å². The van der Waals surface area contributed by atoms with Gasteiger partial charge >= 0.3 is 0 Å². The monoisotopic (exact) mass is 301 g/mol. The Morgan fingerprint density at radius 2 is 1.67 bits per heavy atom. The van der Waals surface area contributed by atoms with Crippen molar-refractivity contribution in [3.63, 3.8) is 0 Å². The average Bonchev–Trinajstić information content (AvgIpc) is 2.50. The van der Waals surface area contributed by atoms with E-state index in [0.29, 0.717) is 10.9 Å². The summed E-state index contributed by atoms with van der Waals surface area (Å²) in [5.74, 6) is 0.360. The second-order valence-electron chi connectivity index (χ2n) is 4.88. The number of benzene rings is 1. The molecule has 1 heterocycles. The Kier molecular flexibility index (Phi) is 4.96. The molecule has 0 saturated heterocycles. The van der Waals surface area contributed by atoms with Crippen LogP contribution in [0.25, 0.3) is 0 Å². The van der Waals surface area contributed by atoms with Crippen LogP contribution in [0.3, 0.4) is 0 Å². The highest BCUT2D eigenvalue weighted by molar-refractivity contribution is 7.99. The molecular weight excluding hydrogens is 282 g/mol. The molecule has 0 saturated carbocycles. The van der Waals surface area contributed by atoms with E-state index in [2.05, 4.69) is 9.97 Å². The third-order valence-corrected chi connectivity index (χ3v) is 4.29. The van der Waals surface area contributed by atoms with E-state index in [0.717, 1.165) is 22.6 Å². The molecule has 5 heteroatoms. The molecule has 1 aromatic heterocycles. The first-order valence-electron chi connectivity index (χ1n) is 6.75. The average molecular weight is 301 g/mol. The zero-order valence-corrected chi connectivity index (χ0v) is 13.6. The highest BCUT2D eigenvalue weighted by atomic mass is 32.2. The lowest BCUT2D eigenvalue weighted by molar-refractivity contribution is -0.115. The van der Waals surface area contributed by atoms with Crippen LogP contribution in [0.15, 0.2) is 35.5 Å². The number of hydrogen-bond donors (Lipinski definition) is 0. The predicted molar refractivity (Wildman–Crippen MR) is 86.8 cm³/mol. The first-order chi connectivity index (χ1) is 9.99. The Morgan fingerprint density at radius 3 is 2.24 bits per heavy atom. The minimum Gasteiger partial charge on any atom is -0.315 e. The number of anilines is 1. The van der Waals surface area contributed by atoms with Gasteiger partial charge in [-0.25, -0.2) is 9.97 Å². The van der Waals surface area contributed by atoms with Crippen LogP contribution in [0.1, 0.15) is 17.0 Å². The van der Waals surface area contributed by atoms with Crippen LogP contribution in [0.5, 0.6) is 0 Å². The predicted octanol–water partition coefficient (Wildman–Crippen LogP) is 3.16. The van der Waals surface area contributed by atoms with Crippen molar-refractivity contribution in [2.45, 2.75) is 25.9 Å². The summed E-state index contributed by atoms with van der Waals surface area (Å²) in [4.78, 5) is 22.7. The van der Waals surface area contributed by atoms with E-state index < -0.39 is 0 Å². The lowest BCUT2D eigenvalue weighted by Crippen LogP contribution is -2.27. The van der Waals surface area contributed by atoms with Crippen molar-refractivity contribution in [2.75, 3.05) is 17.7 Å². The van der Waals surface area contributed by atoms with Crippen LogP contribution in [0.2, 0.25) is 0 Å². The molecule has 4 nitrogen and oxygen atoms in total. The van der Waals surface area contributed by atoms with Gasteiger partial charge in [0.15, 0.2) is 5.16 Å². The van der Waals surface area contributed by atoms with Gasteiger partial charge in [0.25, 0.3) is 0 Å². The Hall–Kier alpha value is -1.88. The molecule has 1 aromatic carbocycles. The van der Waals surface area contributed by atoms with Crippen molar-refractivity contribution >= 4 is 23.4 Å². The molecule has 0 unspecified atom stereocenters. The molecule has 0 fully saturated rings. The van der Waals surface area contributed by atoms with Gasteiger partial charge in [-0.1, -0.05) is 30.0 Å². The van der Waals surface area contributed by atoms with Crippen molar-refractivity contribution < 1.29 is 4.79 Å². The van der Waals surface area contributed by atoms with Gasteiger partial charge in [0, 0.05) is 24.1 Å². The van der Waals surface area contributed by atoms with E-state index in [1.54, 1.807) is 11.9 Å². The van der Waals surface area contributed by atoms with E-state index in [9.17, 15) is 4.79 Å². The number of thioether (sulfide) groups is 1. The van der Waals surface area contributed by atoms with Gasteiger partial charge in [0.05, 0.1) is 5.75 Å². The van der Waals surface area contributed by atoms with Gasteiger partial charge in [-0.3, -0.25) is 4.79 Å². The Balaban J connectivity index is 2.01. The molecule has 110 valence electrons. The number of para-hydroxylation sites is 1. The first-order valence-corrected chi connectivity index (χ1v) is 7.74. The summed E-state index contributed by atoms with van der Waals surface area (Å²) in [6.45, 7) is 5.94. The number of rotatable bonds is 4. The van der Waals surface area contributed by atoms with Crippen molar-refractivity contribution in [1.29, 1.82) is 0 Å². The smallest absolute Gasteiger partial charge is 0.237 e. The molecule has 0 aliphatic heterocycles. The fraction of sp³-hybridized carbons (Fsp3) is 0.312. The number of carbonyl (C=O) groups excluding carboxylic acids is 1. The largest absolute Gasteiger partial charge is 0.315 e. The maximum absolute atomic E-state index is 12.2. The fourth-order valence-electron chi connectivity index (χ4n) is 1.82. The number of nitrogens with zero attached hydrogens (tertiary/aromatic N) is 3. The molecule has 0 spiro atoms. The number of aromatic nitrogens is 2. The van der Waals surface area contributed by atoms with Crippen molar-refractivity contribution in [3.05, 3.63) is 47.3 Å². The molecule has 0 N–H and O–H groups in total. The normalized spacial score (nSPS) is 10.5. The van der Waals surface area contributed by atoms with Crippen LogP contribution in [-0.4, -0.2) is 28.7 Å². The maximum atomic E-state index is 12.2. The Morgan fingerprint density at radius 1 is 1.10 bits per heavy atom. The van der Waals surface area contributed by atoms with Gasteiger partial charge < -0.3 is 4.90 Å². The van der Waals surface area contributed by atoms with E-state index in [-0.39, 0.29) is 5.91 Å². The number of aryl methyl sites for hydroxylation is 2. The van der Waals surface area contributed by atoms with E-state index >= 15 is 0 Å². The molecule has 0 atom stereocenters. The van der Waals surface area contributed by atoms with E-state index in [4.69, 9.17) is 0 Å². The SMILES string of the molecule is Cc1nc(SCC(=O)N(C)c2ccccc2)nc(C)c1C. The fourth-order valence-corrected chi connectivity index (χ4v) is 2.67. The Labute approximate surface area is 129 Å². The highest BCUT2D eigenvalue weighted by Crippen LogP contribution is 2.19. The molecule has 2 aromatic rings. The molecule has 0 bridgehead atoms. The summed E-state index contributed by atoms with van der Waals surface area (Å²) in [6, 6.07) is 9.60. The van der Waals surface area contributed by atoms with Gasteiger partial charge in [0.2, 0.25) is 5.91 Å². The molecule has 0 aliphatic rings. The van der Waals surface area contributed by atoms with E-state index in [1.807, 2.05) is 51.1 Å². The van der Waals surface area contributed by atoms with Crippen LogP contribution < -0.4 is 4.90 Å². The zero-order valence-electron chi connectivity index (χ0n) is 12.8. The Bertz CT molecular complexity index is 620. The molecule has 1 amide bonds. The standard InChI is InChI=1S/C16H19N3OS/c1-11-12(2)17-16(18-13(11)3)21-10-15(20)19(4)14-8-6-5-7-9-14/h5-9H,10H2,1-4H3. The molecule has 21 heavy (non-hydrogen) atoms. The second kappa shape index (κ2) is 6.72. The number of hydrogen-bond acceptors (Lipinski definition) is 4. The zero-order chi connectivity index (χ0) is 15.4. The molecular formula is C16H19N3OS. The lowest BCUT2D eigenvalue weighted by Gasteiger charge is -2.16. The highest BCUT2D eigenvalue weighted by Gasteiger charge is 2.13. The summed E-state index contributed by atoms with van der Waals surface area (Å²) >= 11 is 1.38. The summed E-state index contributed by atoms with van der Waals surface area (Å²) in [6.07, 6.45) is 0. The van der Waals surface area contributed by atoms with Crippen molar-refractivity contribution in [2.24, 2.45) is 0 Å². The molecule has 2 rings (SSSR count). The van der Waals surface area contributed by atoms with Gasteiger partial charge in [-0.15, -0.1) is 0 Å². The number of amides is 1. The van der Waals surface area contributed by atoms with Gasteiger partial charge in [-0.2, -0.15) is 0 Å². The van der Waals surface area contributed by atoms with Crippen molar-refractivity contribution in [3.8, 4) is 0 Å². The summed E-state index contributed by atoms with van der Waals surface area (Å²) in [5, 5.41) is 0.658. The van der Waals surface area contributed by atoms with Gasteiger partial charge in [0.1, 0.15) is 0 Å². The van der Waals surface area contributed by atoms with Crippen LogP contribution in [0, 0.1) is 20.8 Å². The minimum absolute atomic E-state index is 0.0330.